The van der Waals surface area contributed by atoms with E-state index in [4.69, 9.17) is 5.11 Å². The molecule has 0 spiro atoms. The van der Waals surface area contributed by atoms with E-state index in [9.17, 15) is 4.79 Å². The Morgan fingerprint density at radius 1 is 1.32 bits per heavy atom. The van der Waals surface area contributed by atoms with E-state index < -0.39 is 0 Å². The highest BCUT2D eigenvalue weighted by Gasteiger charge is 2.18. The smallest absolute Gasteiger partial charge is 0.251 e. The first-order valence-electron chi connectivity index (χ1n) is 7.42. The minimum atomic E-state index is -0.114. The van der Waals surface area contributed by atoms with Gasteiger partial charge in [0.15, 0.2) is 0 Å². The number of carbonyl (C=O) groups is 1. The summed E-state index contributed by atoms with van der Waals surface area (Å²) < 4.78 is 1.78. The maximum Gasteiger partial charge on any atom is 0.251 e. The van der Waals surface area contributed by atoms with Crippen LogP contribution < -0.4 is 5.32 Å². The van der Waals surface area contributed by atoms with Gasteiger partial charge in [-0.1, -0.05) is 13.8 Å². The van der Waals surface area contributed by atoms with Gasteiger partial charge < -0.3 is 10.4 Å². The number of carbonyl (C=O) groups excluding carboxylic acids is 1. The van der Waals surface area contributed by atoms with Crippen LogP contribution in [-0.2, 0) is 0 Å². The number of benzene rings is 1. The first kappa shape index (κ1) is 16.2. The molecule has 2 aromatic rings. The van der Waals surface area contributed by atoms with Gasteiger partial charge in [0.05, 0.1) is 11.9 Å². The van der Waals surface area contributed by atoms with Crippen LogP contribution in [0.3, 0.4) is 0 Å². The Balaban J connectivity index is 1.99. The zero-order valence-electron chi connectivity index (χ0n) is 13.3. The summed E-state index contributed by atoms with van der Waals surface area (Å²) in [6.45, 7) is 6.69. The van der Waals surface area contributed by atoms with Crippen LogP contribution in [0.1, 0.15) is 36.2 Å². The van der Waals surface area contributed by atoms with E-state index >= 15 is 0 Å². The SMILES string of the molecule is Cc1cnn(-c2ccc(C(=O)NCC(C)(C)CCO)cc2)c1. The summed E-state index contributed by atoms with van der Waals surface area (Å²) >= 11 is 0. The average molecular weight is 301 g/mol. The Kier molecular flexibility index (Phi) is 4.98. The fourth-order valence-electron chi connectivity index (χ4n) is 2.13. The van der Waals surface area contributed by atoms with Crippen LogP contribution in [0.5, 0.6) is 0 Å². The molecule has 0 atom stereocenters. The van der Waals surface area contributed by atoms with Crippen LogP contribution in [0.15, 0.2) is 36.7 Å². The predicted molar refractivity (Wildman–Crippen MR) is 86.1 cm³/mol. The zero-order chi connectivity index (χ0) is 16.2. The minimum Gasteiger partial charge on any atom is -0.396 e. The van der Waals surface area contributed by atoms with Crippen molar-refractivity contribution in [2.75, 3.05) is 13.2 Å². The van der Waals surface area contributed by atoms with Gasteiger partial charge in [-0.05, 0) is 48.6 Å². The molecule has 1 aromatic carbocycles. The number of aryl methyl sites for hydroxylation is 1. The highest BCUT2D eigenvalue weighted by Crippen LogP contribution is 2.18. The lowest BCUT2D eigenvalue weighted by molar-refractivity contribution is 0.0928. The highest BCUT2D eigenvalue weighted by molar-refractivity contribution is 5.94. The van der Waals surface area contributed by atoms with E-state index in [0.717, 1.165) is 11.3 Å². The predicted octanol–water partition coefficient (Wildman–Crippen LogP) is 2.32. The van der Waals surface area contributed by atoms with Crippen molar-refractivity contribution in [2.24, 2.45) is 5.41 Å². The van der Waals surface area contributed by atoms with Crippen LogP contribution >= 0.6 is 0 Å². The van der Waals surface area contributed by atoms with E-state index in [-0.39, 0.29) is 17.9 Å². The Hall–Kier alpha value is -2.14. The molecule has 0 bridgehead atoms. The number of hydrogen-bond donors (Lipinski definition) is 2. The van der Waals surface area contributed by atoms with Crippen LogP contribution in [0.2, 0.25) is 0 Å². The molecule has 2 N–H and O–H groups in total. The van der Waals surface area contributed by atoms with E-state index in [1.54, 1.807) is 23.0 Å². The van der Waals surface area contributed by atoms with Gasteiger partial charge in [-0.25, -0.2) is 4.68 Å². The van der Waals surface area contributed by atoms with Crippen molar-refractivity contribution in [3.8, 4) is 5.69 Å². The molecule has 5 heteroatoms. The molecule has 1 heterocycles. The summed E-state index contributed by atoms with van der Waals surface area (Å²) in [5, 5.41) is 16.2. The maximum absolute atomic E-state index is 12.2. The second-order valence-corrected chi connectivity index (χ2v) is 6.33. The molecule has 5 nitrogen and oxygen atoms in total. The number of aliphatic hydroxyl groups excluding tert-OH is 1. The molecule has 118 valence electrons. The molecule has 0 aliphatic carbocycles. The number of rotatable bonds is 6. The monoisotopic (exact) mass is 301 g/mol. The topological polar surface area (TPSA) is 67.2 Å². The Bertz CT molecular complexity index is 630. The summed E-state index contributed by atoms with van der Waals surface area (Å²) in [4.78, 5) is 12.2. The second kappa shape index (κ2) is 6.75. The van der Waals surface area contributed by atoms with Crippen molar-refractivity contribution in [2.45, 2.75) is 27.2 Å². The molecule has 22 heavy (non-hydrogen) atoms. The van der Waals surface area contributed by atoms with E-state index in [1.165, 1.54) is 0 Å². The number of amides is 1. The average Bonchev–Trinajstić information content (AvgIpc) is 2.92. The maximum atomic E-state index is 12.2. The van der Waals surface area contributed by atoms with Gasteiger partial charge in [0.1, 0.15) is 0 Å². The van der Waals surface area contributed by atoms with Crippen LogP contribution in [-0.4, -0.2) is 33.9 Å². The lowest BCUT2D eigenvalue weighted by atomic mass is 9.89. The number of nitrogens with one attached hydrogen (secondary N) is 1. The summed E-state index contributed by atoms with van der Waals surface area (Å²) in [7, 11) is 0. The molecular formula is C17H23N3O2. The summed E-state index contributed by atoms with van der Waals surface area (Å²) in [5.74, 6) is -0.103. The van der Waals surface area contributed by atoms with E-state index in [1.807, 2.05) is 39.1 Å². The van der Waals surface area contributed by atoms with Crippen LogP contribution in [0.4, 0.5) is 0 Å². The van der Waals surface area contributed by atoms with Crippen molar-refractivity contribution in [1.82, 2.24) is 15.1 Å². The normalized spacial score (nSPS) is 11.5. The van der Waals surface area contributed by atoms with Crippen molar-refractivity contribution in [3.05, 3.63) is 47.8 Å². The van der Waals surface area contributed by atoms with Gasteiger partial charge in [-0.2, -0.15) is 5.10 Å². The Morgan fingerprint density at radius 3 is 2.55 bits per heavy atom. The van der Waals surface area contributed by atoms with Gasteiger partial charge in [0, 0.05) is 24.9 Å². The molecule has 2 rings (SSSR count). The molecule has 0 aliphatic heterocycles. The van der Waals surface area contributed by atoms with Crippen molar-refractivity contribution in [3.63, 3.8) is 0 Å². The molecule has 0 saturated heterocycles. The van der Waals surface area contributed by atoms with Crippen molar-refractivity contribution in [1.29, 1.82) is 0 Å². The molecule has 1 amide bonds. The molecule has 0 aliphatic rings. The first-order chi connectivity index (χ1) is 10.4. The van der Waals surface area contributed by atoms with E-state index in [2.05, 4.69) is 10.4 Å². The lowest BCUT2D eigenvalue weighted by Gasteiger charge is -2.23. The van der Waals surface area contributed by atoms with Gasteiger partial charge in [0.2, 0.25) is 0 Å². The molecule has 0 saturated carbocycles. The number of aromatic nitrogens is 2. The summed E-state index contributed by atoms with van der Waals surface area (Å²) in [5.41, 5.74) is 2.52. The fraction of sp³-hybridized carbons (Fsp3) is 0.412. The lowest BCUT2D eigenvalue weighted by Crippen LogP contribution is -2.34. The molecular weight excluding hydrogens is 278 g/mol. The summed E-state index contributed by atoms with van der Waals surface area (Å²) in [6.07, 6.45) is 4.39. The minimum absolute atomic E-state index is 0.103. The molecule has 0 unspecified atom stereocenters. The highest BCUT2D eigenvalue weighted by atomic mass is 16.3. The third kappa shape index (κ3) is 4.18. The van der Waals surface area contributed by atoms with Crippen molar-refractivity contribution < 1.29 is 9.90 Å². The van der Waals surface area contributed by atoms with Crippen LogP contribution in [0, 0.1) is 12.3 Å². The Morgan fingerprint density at radius 2 is 2.00 bits per heavy atom. The van der Waals surface area contributed by atoms with Crippen molar-refractivity contribution >= 4 is 5.91 Å². The fourth-order valence-corrected chi connectivity index (χ4v) is 2.13. The zero-order valence-corrected chi connectivity index (χ0v) is 13.3. The number of nitrogens with zero attached hydrogens (tertiary/aromatic N) is 2. The van der Waals surface area contributed by atoms with Gasteiger partial charge in [-0.15, -0.1) is 0 Å². The third-order valence-corrected chi connectivity index (χ3v) is 3.62. The standard InChI is InChI=1S/C17H23N3O2/c1-13-10-19-20(11-13)15-6-4-14(5-7-15)16(22)18-12-17(2,3)8-9-21/h4-7,10-11,21H,8-9,12H2,1-3H3,(H,18,22). The van der Waals surface area contributed by atoms with Crippen LogP contribution in [0.25, 0.3) is 5.69 Å². The van der Waals surface area contributed by atoms with E-state index in [0.29, 0.717) is 18.5 Å². The number of hydrogen-bond acceptors (Lipinski definition) is 3. The number of aliphatic hydroxyl groups is 1. The third-order valence-electron chi connectivity index (χ3n) is 3.62. The second-order valence-electron chi connectivity index (χ2n) is 6.33. The largest absolute Gasteiger partial charge is 0.396 e. The quantitative estimate of drug-likeness (QED) is 0.860. The molecule has 1 aromatic heterocycles. The Labute approximate surface area is 131 Å². The molecule has 0 fully saturated rings. The van der Waals surface area contributed by atoms with Gasteiger partial charge in [0.25, 0.3) is 5.91 Å². The summed E-state index contributed by atoms with van der Waals surface area (Å²) in [6, 6.07) is 7.34. The van der Waals surface area contributed by atoms with Gasteiger partial charge in [-0.3, -0.25) is 4.79 Å². The molecule has 0 radical (unpaired) electrons. The first-order valence-corrected chi connectivity index (χ1v) is 7.42. The van der Waals surface area contributed by atoms with Gasteiger partial charge >= 0.3 is 0 Å².